The number of rotatable bonds is 10. The van der Waals surface area contributed by atoms with E-state index in [0.717, 1.165) is 28.5 Å². The molecule has 1 aromatic heterocycles. The SMILES string of the molecule is COC(=O)[C@@H](Cc1c[nH]c2ccccc12)NC(=O)CCC(=O)OCC(=O)[C@@]1(O)CC[C@H]2[C@@H]3CCC4=CC(=O)C=C[C@]4(C)[C@H]3[C@@H](O)C[C@@]21C. The van der Waals surface area contributed by atoms with E-state index in [9.17, 15) is 34.2 Å². The number of para-hydroxylation sites is 1. The first-order chi connectivity index (χ1) is 22.8. The fourth-order valence-corrected chi connectivity index (χ4v) is 9.46. The lowest BCUT2D eigenvalue weighted by Gasteiger charge is -2.59. The summed E-state index contributed by atoms with van der Waals surface area (Å²) in [5.74, 6) is -2.74. The van der Waals surface area contributed by atoms with Gasteiger partial charge in [-0.15, -0.1) is 0 Å². The summed E-state index contributed by atoms with van der Waals surface area (Å²) in [6.07, 6.45) is 8.20. The number of nitrogens with one attached hydrogen (secondary N) is 2. The molecule has 4 N–H and O–H groups in total. The Balaban J connectivity index is 1.04. The molecule has 2 aromatic rings. The van der Waals surface area contributed by atoms with Crippen LogP contribution in [-0.2, 0) is 39.9 Å². The van der Waals surface area contributed by atoms with Crippen LogP contribution in [0.5, 0.6) is 0 Å². The molecule has 3 saturated carbocycles. The van der Waals surface area contributed by atoms with Gasteiger partial charge in [-0.3, -0.25) is 19.2 Å². The third-order valence-electron chi connectivity index (χ3n) is 11.9. The lowest BCUT2D eigenvalue weighted by atomic mass is 9.46. The largest absolute Gasteiger partial charge is 0.467 e. The van der Waals surface area contributed by atoms with Crippen LogP contribution in [0.4, 0.5) is 0 Å². The smallest absolute Gasteiger partial charge is 0.328 e. The summed E-state index contributed by atoms with van der Waals surface area (Å²) < 4.78 is 10.1. The number of methoxy groups -OCH3 is 1. The van der Waals surface area contributed by atoms with Crippen molar-refractivity contribution in [2.24, 2.45) is 28.6 Å². The van der Waals surface area contributed by atoms with Gasteiger partial charge in [0.2, 0.25) is 11.7 Å². The average Bonchev–Trinajstić information content (AvgIpc) is 3.59. The minimum atomic E-state index is -1.78. The van der Waals surface area contributed by atoms with Gasteiger partial charge in [-0.2, -0.15) is 0 Å². The van der Waals surface area contributed by atoms with E-state index in [1.165, 1.54) is 7.11 Å². The van der Waals surface area contributed by atoms with E-state index in [0.29, 0.717) is 12.8 Å². The molecule has 1 aromatic carbocycles. The second-order valence-electron chi connectivity index (χ2n) is 14.4. The van der Waals surface area contributed by atoms with Crippen LogP contribution in [0.3, 0.4) is 0 Å². The number of allylic oxidation sites excluding steroid dienone is 4. The molecule has 8 atom stereocenters. The van der Waals surface area contributed by atoms with Crippen LogP contribution in [0.25, 0.3) is 10.9 Å². The van der Waals surface area contributed by atoms with Gasteiger partial charge in [0.25, 0.3) is 0 Å². The molecule has 0 unspecified atom stereocenters. The first-order valence-electron chi connectivity index (χ1n) is 16.8. The highest BCUT2D eigenvalue weighted by atomic mass is 16.5. The topological polar surface area (TPSA) is 172 Å². The number of hydrogen-bond acceptors (Lipinski definition) is 9. The number of carbonyl (C=O) groups excluding carboxylic acids is 5. The molecule has 48 heavy (non-hydrogen) atoms. The molecule has 0 spiro atoms. The first-order valence-corrected chi connectivity index (χ1v) is 16.8. The summed E-state index contributed by atoms with van der Waals surface area (Å²) in [4.78, 5) is 66.6. The lowest BCUT2D eigenvalue weighted by molar-refractivity contribution is -0.181. The van der Waals surface area contributed by atoms with E-state index >= 15 is 0 Å². The second-order valence-corrected chi connectivity index (χ2v) is 14.4. The Kier molecular flexibility index (Phi) is 8.97. The molecule has 0 bridgehead atoms. The summed E-state index contributed by atoms with van der Waals surface area (Å²) in [6, 6.07) is 6.61. The molecule has 0 saturated heterocycles. The standard InChI is InChI=1S/C37H44N2O9/c1-35-14-12-23(40)17-22(35)8-9-25-26-13-15-37(46,36(26,2)18-29(41)33(25)35)30(42)20-48-32(44)11-10-31(43)39-28(34(45)47-3)16-21-19-38-27-7-5-4-6-24(21)27/h4-7,12,14,17,19,25-26,28-29,33,38,41,46H,8-11,13,15-16,18,20H2,1-3H3,(H,39,43)/t25-,26-,28+,29-,33+,35-,36-,37-/m0/s1. The Hall–Kier alpha value is -4.09. The molecular weight excluding hydrogens is 616 g/mol. The average molecular weight is 661 g/mol. The van der Waals surface area contributed by atoms with Gasteiger partial charge in [-0.1, -0.05) is 43.7 Å². The molecule has 4 aliphatic rings. The van der Waals surface area contributed by atoms with E-state index in [-0.39, 0.29) is 55.6 Å². The molecule has 11 nitrogen and oxygen atoms in total. The number of amides is 1. The zero-order valence-electron chi connectivity index (χ0n) is 27.6. The van der Waals surface area contributed by atoms with Crippen molar-refractivity contribution in [1.82, 2.24) is 10.3 Å². The molecule has 0 aliphatic heterocycles. The van der Waals surface area contributed by atoms with Crippen LogP contribution in [0.15, 0.2) is 54.3 Å². The van der Waals surface area contributed by atoms with Crippen LogP contribution < -0.4 is 5.32 Å². The van der Waals surface area contributed by atoms with E-state index in [1.807, 2.05) is 37.3 Å². The number of ether oxygens (including phenoxy) is 2. The van der Waals surface area contributed by atoms with E-state index in [4.69, 9.17) is 9.47 Å². The van der Waals surface area contributed by atoms with Crippen LogP contribution in [0.1, 0.15) is 64.4 Å². The van der Waals surface area contributed by atoms with Crippen molar-refractivity contribution in [2.45, 2.75) is 83.0 Å². The van der Waals surface area contributed by atoms with Gasteiger partial charge in [0.05, 0.1) is 19.6 Å². The van der Waals surface area contributed by atoms with Gasteiger partial charge in [0.15, 0.2) is 12.4 Å². The number of Topliss-reactive ketones (excluding diaryl/α,β-unsaturated/α-hetero) is 1. The number of benzene rings is 1. The number of aliphatic hydroxyl groups is 2. The zero-order chi connectivity index (χ0) is 34.4. The molecule has 4 aliphatic carbocycles. The number of esters is 2. The monoisotopic (exact) mass is 660 g/mol. The maximum atomic E-state index is 13.6. The van der Waals surface area contributed by atoms with E-state index in [1.54, 1.807) is 18.3 Å². The molecule has 1 heterocycles. The molecular formula is C37H44N2O9. The number of aliphatic hydroxyl groups excluding tert-OH is 1. The Morgan fingerprint density at radius 3 is 2.67 bits per heavy atom. The highest BCUT2D eigenvalue weighted by Crippen LogP contribution is 2.67. The maximum Gasteiger partial charge on any atom is 0.328 e. The highest BCUT2D eigenvalue weighted by molar-refractivity contribution is 6.01. The molecule has 6 rings (SSSR count). The predicted octanol–water partition coefficient (Wildman–Crippen LogP) is 3.27. The quantitative estimate of drug-likeness (QED) is 0.279. The van der Waals surface area contributed by atoms with Gasteiger partial charge in [-0.25, -0.2) is 4.79 Å². The van der Waals surface area contributed by atoms with Crippen molar-refractivity contribution >= 4 is 40.3 Å². The highest BCUT2D eigenvalue weighted by Gasteiger charge is 2.68. The summed E-state index contributed by atoms with van der Waals surface area (Å²) in [5, 5.41) is 27.0. The van der Waals surface area contributed by atoms with Gasteiger partial charge < -0.3 is 30.0 Å². The Morgan fingerprint density at radius 1 is 1.12 bits per heavy atom. The number of fused-ring (bicyclic) bond motifs is 6. The first kappa shape index (κ1) is 33.8. The number of ketones is 2. The summed E-state index contributed by atoms with van der Waals surface area (Å²) >= 11 is 0. The van der Waals surface area contributed by atoms with E-state index in [2.05, 4.69) is 17.2 Å². The lowest BCUT2D eigenvalue weighted by Crippen LogP contribution is -2.61. The number of aromatic nitrogens is 1. The van der Waals surface area contributed by atoms with Gasteiger partial charge >= 0.3 is 11.9 Å². The van der Waals surface area contributed by atoms with Gasteiger partial charge in [0.1, 0.15) is 11.6 Å². The zero-order valence-corrected chi connectivity index (χ0v) is 27.6. The van der Waals surface area contributed by atoms with Crippen molar-refractivity contribution in [1.29, 1.82) is 0 Å². The van der Waals surface area contributed by atoms with Crippen LogP contribution in [0, 0.1) is 28.6 Å². The number of H-pyrrole nitrogens is 1. The minimum Gasteiger partial charge on any atom is -0.467 e. The van der Waals surface area contributed by atoms with Crippen molar-refractivity contribution in [3.05, 3.63) is 59.8 Å². The number of aromatic amines is 1. The summed E-state index contributed by atoms with van der Waals surface area (Å²) in [6.45, 7) is 3.27. The van der Waals surface area contributed by atoms with E-state index < -0.39 is 58.8 Å². The molecule has 0 radical (unpaired) electrons. The molecule has 256 valence electrons. The number of carbonyl (C=O) groups is 5. The minimum absolute atomic E-state index is 0.0318. The van der Waals surface area contributed by atoms with Gasteiger partial charge in [-0.05, 0) is 67.7 Å². The van der Waals surface area contributed by atoms with Crippen molar-refractivity contribution in [3.8, 4) is 0 Å². The second kappa shape index (κ2) is 12.7. The van der Waals surface area contributed by atoms with Crippen LogP contribution >= 0.6 is 0 Å². The van der Waals surface area contributed by atoms with Crippen molar-refractivity contribution in [3.63, 3.8) is 0 Å². The van der Waals surface area contributed by atoms with Crippen LogP contribution in [-0.4, -0.2) is 76.1 Å². The molecule has 11 heteroatoms. The summed E-state index contributed by atoms with van der Waals surface area (Å²) in [5.41, 5.74) is -0.424. The third kappa shape index (κ3) is 5.70. The molecule has 3 fully saturated rings. The Labute approximate surface area is 279 Å². The maximum absolute atomic E-state index is 13.6. The predicted molar refractivity (Wildman–Crippen MR) is 174 cm³/mol. The fraction of sp³-hybridized carbons (Fsp3) is 0.541. The normalized spacial score (nSPS) is 32.8. The summed E-state index contributed by atoms with van der Waals surface area (Å²) in [7, 11) is 1.23. The fourth-order valence-electron chi connectivity index (χ4n) is 9.46. The van der Waals surface area contributed by atoms with Gasteiger partial charge in [0, 0.05) is 46.7 Å². The Bertz CT molecular complexity index is 1710. The molecule has 1 amide bonds. The van der Waals surface area contributed by atoms with Crippen molar-refractivity contribution in [2.75, 3.05) is 13.7 Å². The van der Waals surface area contributed by atoms with Crippen LogP contribution in [0.2, 0.25) is 0 Å². The van der Waals surface area contributed by atoms with Crippen molar-refractivity contribution < 1.29 is 43.7 Å². The Morgan fingerprint density at radius 2 is 1.90 bits per heavy atom. The number of hydrogen-bond donors (Lipinski definition) is 4. The third-order valence-corrected chi connectivity index (χ3v) is 11.9.